The minimum atomic E-state index is -0.310. The number of nitrogens with one attached hydrogen (secondary N) is 1. The molecule has 0 bridgehead atoms. The van der Waals surface area contributed by atoms with E-state index in [4.69, 9.17) is 0 Å². The van der Waals surface area contributed by atoms with Gasteiger partial charge in [0, 0.05) is 37.7 Å². The fourth-order valence-corrected chi connectivity index (χ4v) is 5.70. The molecular formula is C29H25FN6O2S. The number of benzene rings is 2. The Morgan fingerprint density at radius 3 is 2.64 bits per heavy atom. The van der Waals surface area contributed by atoms with Crippen LogP contribution in [-0.4, -0.2) is 61.2 Å². The number of rotatable bonds is 5. The molecule has 0 spiro atoms. The lowest BCUT2D eigenvalue weighted by Crippen LogP contribution is -2.28. The highest BCUT2D eigenvalue weighted by atomic mass is 32.2. The van der Waals surface area contributed by atoms with Crippen LogP contribution in [0, 0.1) is 12.7 Å². The lowest BCUT2D eigenvalue weighted by Gasteiger charge is -2.17. The van der Waals surface area contributed by atoms with Crippen LogP contribution in [0.3, 0.4) is 0 Å². The molecule has 10 heteroatoms. The van der Waals surface area contributed by atoms with E-state index >= 15 is 0 Å². The first-order valence-corrected chi connectivity index (χ1v) is 13.2. The van der Waals surface area contributed by atoms with Gasteiger partial charge >= 0.3 is 0 Å². The lowest BCUT2D eigenvalue weighted by molar-refractivity contribution is 0.0805. The number of carbonyl (C=O) groups excluding carboxylic acids is 2. The van der Waals surface area contributed by atoms with Gasteiger partial charge in [-0.25, -0.2) is 9.37 Å². The molecule has 5 aromatic rings. The largest absolute Gasteiger partial charge is 0.350 e. The van der Waals surface area contributed by atoms with E-state index in [0.29, 0.717) is 29.6 Å². The quantitative estimate of drug-likeness (QED) is 0.301. The smallest absolute Gasteiger partial charge is 0.270 e. The highest BCUT2D eigenvalue weighted by molar-refractivity contribution is 8.00. The van der Waals surface area contributed by atoms with Gasteiger partial charge in [-0.05, 0) is 65.2 Å². The second-order valence-electron chi connectivity index (χ2n) is 9.67. The number of aromatic amines is 1. The SMILES string of the molecule is Cc1nc2ccncc2n1CC1=CSN(C(=O)c2c(C(=O)N(C)C)[nH]c3cc(-c4ccc(F)cc4)ccc23)C1. The number of imidazole rings is 1. The Bertz CT molecular complexity index is 1790. The van der Waals surface area contributed by atoms with Gasteiger partial charge in [0.2, 0.25) is 0 Å². The Labute approximate surface area is 228 Å². The van der Waals surface area contributed by atoms with Gasteiger partial charge < -0.3 is 14.5 Å². The van der Waals surface area contributed by atoms with E-state index < -0.39 is 0 Å². The molecule has 0 fully saturated rings. The minimum absolute atomic E-state index is 0.243. The van der Waals surface area contributed by atoms with Crippen molar-refractivity contribution >= 4 is 45.7 Å². The second kappa shape index (κ2) is 9.70. The van der Waals surface area contributed by atoms with Gasteiger partial charge in [-0.2, -0.15) is 0 Å². The Morgan fingerprint density at radius 2 is 1.87 bits per heavy atom. The monoisotopic (exact) mass is 540 g/mol. The summed E-state index contributed by atoms with van der Waals surface area (Å²) >= 11 is 1.33. The van der Waals surface area contributed by atoms with E-state index in [1.165, 1.54) is 29.0 Å². The molecule has 0 aliphatic carbocycles. The third-order valence-electron chi connectivity index (χ3n) is 6.83. The van der Waals surface area contributed by atoms with Crippen molar-refractivity contribution in [3.63, 3.8) is 0 Å². The van der Waals surface area contributed by atoms with Gasteiger partial charge in [-0.15, -0.1) is 0 Å². The summed E-state index contributed by atoms with van der Waals surface area (Å²) in [5.74, 6) is 0.0334. The summed E-state index contributed by atoms with van der Waals surface area (Å²) < 4.78 is 17.2. The number of amides is 2. The fraction of sp³-hybridized carbons (Fsp3) is 0.172. The summed E-state index contributed by atoms with van der Waals surface area (Å²) in [5.41, 5.74) is 5.81. The summed E-state index contributed by atoms with van der Waals surface area (Å²) in [4.78, 5) is 40.5. The Hall–Kier alpha value is -4.44. The first kappa shape index (κ1) is 24.9. The zero-order chi connectivity index (χ0) is 27.3. The first-order chi connectivity index (χ1) is 18.8. The van der Waals surface area contributed by atoms with Crippen molar-refractivity contribution in [3.05, 3.63) is 94.8 Å². The Kier molecular flexibility index (Phi) is 6.19. The van der Waals surface area contributed by atoms with Crippen LogP contribution >= 0.6 is 11.9 Å². The van der Waals surface area contributed by atoms with Gasteiger partial charge in [0.25, 0.3) is 11.8 Å². The molecule has 8 nitrogen and oxygen atoms in total. The van der Waals surface area contributed by atoms with E-state index in [0.717, 1.165) is 33.6 Å². The highest BCUT2D eigenvalue weighted by Gasteiger charge is 2.30. The van der Waals surface area contributed by atoms with Crippen LogP contribution in [0.15, 0.2) is 71.9 Å². The molecule has 1 aliphatic heterocycles. The van der Waals surface area contributed by atoms with Gasteiger partial charge in [0.05, 0.1) is 29.3 Å². The van der Waals surface area contributed by atoms with E-state index in [-0.39, 0.29) is 23.3 Å². The molecule has 0 radical (unpaired) electrons. The standard InChI is InChI=1S/C29H25FN6O2S/c1-17-32-23-10-11-31-13-25(23)35(17)14-18-15-36(39-16-18)28(37)26-22-9-6-20(19-4-7-21(30)8-5-19)12-24(22)33-27(26)29(38)34(2)3/h4-13,16,33H,14-15H2,1-3H3. The molecule has 2 aromatic carbocycles. The number of hydrogen-bond acceptors (Lipinski definition) is 5. The Balaban J connectivity index is 1.31. The molecule has 1 aliphatic rings. The third kappa shape index (κ3) is 4.46. The highest BCUT2D eigenvalue weighted by Crippen LogP contribution is 2.34. The summed E-state index contributed by atoms with van der Waals surface area (Å²) in [7, 11) is 3.31. The average molecular weight is 541 g/mol. The normalized spacial score (nSPS) is 13.3. The number of carbonyl (C=O) groups is 2. The number of pyridine rings is 1. The van der Waals surface area contributed by atoms with Crippen LogP contribution in [0.4, 0.5) is 4.39 Å². The van der Waals surface area contributed by atoms with E-state index in [1.807, 2.05) is 36.6 Å². The van der Waals surface area contributed by atoms with Crippen LogP contribution in [0.25, 0.3) is 33.1 Å². The molecule has 0 saturated carbocycles. The zero-order valence-electron chi connectivity index (χ0n) is 21.6. The van der Waals surface area contributed by atoms with Crippen molar-refractivity contribution < 1.29 is 14.0 Å². The number of H-pyrrole nitrogens is 1. The summed E-state index contributed by atoms with van der Waals surface area (Å²) in [5, 5.41) is 2.64. The van der Waals surface area contributed by atoms with Crippen molar-refractivity contribution in [2.24, 2.45) is 0 Å². The van der Waals surface area contributed by atoms with Gasteiger partial charge in [-0.1, -0.05) is 24.3 Å². The van der Waals surface area contributed by atoms with Crippen molar-refractivity contribution in [1.82, 2.24) is 28.7 Å². The molecule has 0 atom stereocenters. The third-order valence-corrected chi connectivity index (χ3v) is 7.82. The fourth-order valence-electron chi connectivity index (χ4n) is 4.85. The number of aryl methyl sites for hydroxylation is 1. The molecule has 4 heterocycles. The van der Waals surface area contributed by atoms with Crippen LogP contribution in [0.1, 0.15) is 26.7 Å². The van der Waals surface area contributed by atoms with Crippen molar-refractivity contribution in [3.8, 4) is 11.1 Å². The maximum Gasteiger partial charge on any atom is 0.270 e. The van der Waals surface area contributed by atoms with Crippen molar-refractivity contribution in [2.45, 2.75) is 13.5 Å². The molecule has 0 saturated heterocycles. The minimum Gasteiger partial charge on any atom is -0.350 e. The number of fused-ring (bicyclic) bond motifs is 2. The topological polar surface area (TPSA) is 87.1 Å². The van der Waals surface area contributed by atoms with E-state index in [1.54, 1.807) is 42.9 Å². The number of aromatic nitrogens is 4. The van der Waals surface area contributed by atoms with Crippen LogP contribution in [-0.2, 0) is 6.54 Å². The first-order valence-electron chi connectivity index (χ1n) is 12.4. The molecule has 1 N–H and O–H groups in total. The molecule has 0 unspecified atom stereocenters. The van der Waals surface area contributed by atoms with Gasteiger partial charge in [-0.3, -0.25) is 18.9 Å². The second-order valence-corrected chi connectivity index (χ2v) is 10.6. The predicted octanol–water partition coefficient (Wildman–Crippen LogP) is 5.42. The van der Waals surface area contributed by atoms with E-state index in [2.05, 4.69) is 19.5 Å². The maximum absolute atomic E-state index is 13.9. The summed E-state index contributed by atoms with van der Waals surface area (Å²) in [6, 6.07) is 13.7. The van der Waals surface area contributed by atoms with E-state index in [9.17, 15) is 14.0 Å². The predicted molar refractivity (Wildman–Crippen MR) is 151 cm³/mol. The molecule has 3 aromatic heterocycles. The zero-order valence-corrected chi connectivity index (χ0v) is 22.4. The van der Waals surface area contributed by atoms with Crippen LogP contribution < -0.4 is 0 Å². The molecular weight excluding hydrogens is 515 g/mol. The van der Waals surface area contributed by atoms with Crippen molar-refractivity contribution in [1.29, 1.82) is 0 Å². The van der Waals surface area contributed by atoms with Crippen LogP contribution in [0.5, 0.6) is 0 Å². The molecule has 2 amide bonds. The average Bonchev–Trinajstić information content (AvgIpc) is 3.64. The van der Waals surface area contributed by atoms with Gasteiger partial charge in [0.15, 0.2) is 0 Å². The summed E-state index contributed by atoms with van der Waals surface area (Å²) in [6.45, 7) is 2.96. The number of nitrogens with zero attached hydrogens (tertiary/aromatic N) is 5. The molecule has 39 heavy (non-hydrogen) atoms. The molecule has 6 rings (SSSR count). The number of halogens is 1. The maximum atomic E-state index is 13.9. The summed E-state index contributed by atoms with van der Waals surface area (Å²) in [6.07, 6.45) is 3.52. The molecule has 196 valence electrons. The number of hydrogen-bond donors (Lipinski definition) is 1. The van der Waals surface area contributed by atoms with Crippen molar-refractivity contribution in [2.75, 3.05) is 20.6 Å². The van der Waals surface area contributed by atoms with Crippen LogP contribution in [0.2, 0.25) is 0 Å². The van der Waals surface area contributed by atoms with Gasteiger partial charge in [0.1, 0.15) is 17.3 Å². The lowest BCUT2D eigenvalue weighted by atomic mass is 10.0. The Morgan fingerprint density at radius 1 is 1.10 bits per heavy atom.